The van der Waals surface area contributed by atoms with Crippen molar-refractivity contribution in [2.24, 2.45) is 0 Å². The second-order valence-electron chi connectivity index (χ2n) is 7.07. The van der Waals surface area contributed by atoms with Crippen LogP contribution in [0.2, 0.25) is 0 Å². The van der Waals surface area contributed by atoms with Crippen LogP contribution in [0.15, 0.2) is 23.6 Å². The van der Waals surface area contributed by atoms with Crippen LogP contribution in [-0.4, -0.2) is 47.3 Å². The third-order valence-corrected chi connectivity index (χ3v) is 5.51. The van der Waals surface area contributed by atoms with Gasteiger partial charge >= 0.3 is 12.1 Å². The van der Waals surface area contributed by atoms with Gasteiger partial charge in [0, 0.05) is 36.3 Å². The lowest BCUT2D eigenvalue weighted by molar-refractivity contribution is -0.142. The van der Waals surface area contributed by atoms with Crippen LogP contribution in [0.5, 0.6) is 0 Å². The number of aryl methyl sites for hydroxylation is 1. The Balaban J connectivity index is 1.71. The molecule has 0 spiro atoms. The minimum Gasteiger partial charge on any atom is -0.457 e. The monoisotopic (exact) mass is 472 g/mol. The van der Waals surface area contributed by atoms with Crippen molar-refractivity contribution in [1.82, 2.24) is 9.88 Å². The van der Waals surface area contributed by atoms with Crippen LogP contribution in [0, 0.1) is 13.8 Å². The van der Waals surface area contributed by atoms with E-state index in [2.05, 4.69) is 5.32 Å². The molecule has 11 heteroatoms. The van der Waals surface area contributed by atoms with Crippen molar-refractivity contribution in [2.45, 2.75) is 45.8 Å². The number of aromatic nitrogens is 1. The highest BCUT2D eigenvalue weighted by atomic mass is 32.1. The Hall–Kier alpha value is -2.95. The molecular weight excluding hydrogens is 449 g/mol. The van der Waals surface area contributed by atoms with Gasteiger partial charge in [0.05, 0.1) is 11.3 Å². The summed E-state index contributed by atoms with van der Waals surface area (Å²) in [5, 5.41) is 4.26. The van der Waals surface area contributed by atoms with Gasteiger partial charge in [0.15, 0.2) is 12.4 Å². The van der Waals surface area contributed by atoms with E-state index in [1.165, 1.54) is 31.3 Å². The summed E-state index contributed by atoms with van der Waals surface area (Å²) in [7, 11) is 0. The van der Waals surface area contributed by atoms with Gasteiger partial charge in [0.1, 0.15) is 6.54 Å². The number of halogens is 3. The third kappa shape index (κ3) is 7.63. The molecule has 2 aromatic heterocycles. The Morgan fingerprint density at radius 1 is 1.09 bits per heavy atom. The molecular formula is C21H23F3N2O5S. The van der Waals surface area contributed by atoms with E-state index in [1.807, 2.05) is 0 Å². The van der Waals surface area contributed by atoms with Crippen molar-refractivity contribution < 1.29 is 37.1 Å². The lowest BCUT2D eigenvalue weighted by Crippen LogP contribution is -2.27. The number of alkyl halides is 3. The molecule has 0 saturated carbocycles. The Labute approximate surface area is 186 Å². The number of amides is 1. The van der Waals surface area contributed by atoms with Crippen LogP contribution in [0.4, 0.5) is 13.2 Å². The molecule has 1 amide bonds. The molecule has 1 N–H and O–H groups in total. The molecule has 2 heterocycles. The highest BCUT2D eigenvalue weighted by Crippen LogP contribution is 2.23. The molecule has 0 atom stereocenters. The number of ketones is 2. The topological polar surface area (TPSA) is 94.5 Å². The molecule has 2 aromatic rings. The van der Waals surface area contributed by atoms with Gasteiger partial charge in [0.25, 0.3) is 0 Å². The van der Waals surface area contributed by atoms with Crippen LogP contribution in [0.3, 0.4) is 0 Å². The first-order chi connectivity index (χ1) is 15.0. The van der Waals surface area contributed by atoms with Crippen molar-refractivity contribution in [3.8, 4) is 0 Å². The summed E-state index contributed by atoms with van der Waals surface area (Å²) >= 11 is 1.29. The van der Waals surface area contributed by atoms with Gasteiger partial charge < -0.3 is 14.6 Å². The summed E-state index contributed by atoms with van der Waals surface area (Å²) < 4.78 is 43.9. The second kappa shape index (κ2) is 11.1. The Bertz CT molecular complexity index is 980. The summed E-state index contributed by atoms with van der Waals surface area (Å²) in [4.78, 5) is 48.2. The van der Waals surface area contributed by atoms with Gasteiger partial charge in [-0.25, -0.2) is 0 Å². The zero-order valence-electron chi connectivity index (χ0n) is 17.6. The van der Waals surface area contributed by atoms with Crippen LogP contribution in [0.25, 0.3) is 0 Å². The molecule has 0 aliphatic heterocycles. The number of nitrogens with zero attached hydrogens (tertiary/aromatic N) is 1. The molecule has 174 valence electrons. The molecule has 0 aromatic carbocycles. The highest BCUT2D eigenvalue weighted by molar-refractivity contribution is 7.12. The van der Waals surface area contributed by atoms with E-state index < -0.39 is 37.0 Å². The van der Waals surface area contributed by atoms with Crippen LogP contribution < -0.4 is 5.32 Å². The number of carbonyl (C=O) groups excluding carboxylic acids is 4. The van der Waals surface area contributed by atoms with Crippen LogP contribution in [-0.2, 0) is 20.9 Å². The quantitative estimate of drug-likeness (QED) is 0.398. The molecule has 7 nitrogen and oxygen atoms in total. The number of hydrogen-bond donors (Lipinski definition) is 1. The van der Waals surface area contributed by atoms with Gasteiger partial charge in [-0.3, -0.25) is 19.2 Å². The number of Topliss-reactive ketones (excluding diaryl/α,β-unsaturated/α-hetero) is 2. The van der Waals surface area contributed by atoms with Gasteiger partial charge in [-0.2, -0.15) is 13.2 Å². The van der Waals surface area contributed by atoms with Gasteiger partial charge in [0.2, 0.25) is 11.7 Å². The molecule has 0 radical (unpaired) electrons. The van der Waals surface area contributed by atoms with E-state index in [-0.39, 0.29) is 48.5 Å². The van der Waals surface area contributed by atoms with Crippen LogP contribution in [0.1, 0.15) is 50.7 Å². The molecule has 0 saturated heterocycles. The summed E-state index contributed by atoms with van der Waals surface area (Å²) in [6, 6.07) is 4.75. The maximum absolute atomic E-state index is 12.7. The van der Waals surface area contributed by atoms with Gasteiger partial charge in [-0.15, -0.1) is 11.3 Å². The number of rotatable bonds is 11. The van der Waals surface area contributed by atoms with E-state index in [0.29, 0.717) is 4.88 Å². The minimum atomic E-state index is -4.43. The average Bonchev–Trinajstić information content (AvgIpc) is 3.34. The second-order valence-corrected chi connectivity index (χ2v) is 8.02. The van der Waals surface area contributed by atoms with E-state index >= 15 is 0 Å². The van der Waals surface area contributed by atoms with Crippen molar-refractivity contribution in [1.29, 1.82) is 0 Å². The Kier molecular flexibility index (Phi) is 8.76. The molecule has 0 fully saturated rings. The lowest BCUT2D eigenvalue weighted by Gasteiger charge is -2.12. The number of esters is 1. The standard InChI is InChI=1S/C21H23F3N2O5S/c1-13-10-15(14(2)26(13)12-21(22,23)24)17(28)11-31-20(30)7-8-25-19(29)6-5-16(27)18-4-3-9-32-18/h3-4,9-10H,5-8,11-12H2,1-2H3,(H,25,29). The largest absolute Gasteiger partial charge is 0.457 e. The molecule has 32 heavy (non-hydrogen) atoms. The normalized spacial score (nSPS) is 11.3. The van der Waals surface area contributed by atoms with E-state index in [0.717, 1.165) is 4.57 Å². The fourth-order valence-corrected chi connectivity index (χ4v) is 3.68. The van der Waals surface area contributed by atoms with Crippen LogP contribution >= 0.6 is 11.3 Å². The first-order valence-electron chi connectivity index (χ1n) is 9.73. The zero-order valence-corrected chi connectivity index (χ0v) is 18.4. The minimum absolute atomic E-state index is 0.0161. The number of hydrogen-bond acceptors (Lipinski definition) is 6. The number of ether oxygens (including phenoxy) is 1. The number of thiophene rings is 1. The van der Waals surface area contributed by atoms with Crippen molar-refractivity contribution in [3.05, 3.63) is 45.4 Å². The molecule has 0 unspecified atom stereocenters. The Morgan fingerprint density at radius 3 is 2.44 bits per heavy atom. The summed E-state index contributed by atoms with van der Waals surface area (Å²) in [5.74, 6) is -1.88. The van der Waals surface area contributed by atoms with E-state index in [9.17, 15) is 32.3 Å². The summed E-state index contributed by atoms with van der Waals surface area (Å²) in [6.45, 7) is 0.999. The Morgan fingerprint density at radius 2 is 1.81 bits per heavy atom. The number of carbonyl (C=O) groups is 4. The lowest BCUT2D eigenvalue weighted by atomic mass is 10.1. The number of nitrogens with one attached hydrogen (secondary N) is 1. The fraction of sp³-hybridized carbons (Fsp3) is 0.429. The maximum Gasteiger partial charge on any atom is 0.406 e. The summed E-state index contributed by atoms with van der Waals surface area (Å²) in [6.07, 6.45) is -4.58. The molecule has 2 rings (SSSR count). The predicted molar refractivity (Wildman–Crippen MR) is 111 cm³/mol. The third-order valence-electron chi connectivity index (χ3n) is 4.60. The smallest absolute Gasteiger partial charge is 0.406 e. The molecule has 0 aliphatic carbocycles. The predicted octanol–water partition coefficient (Wildman–Crippen LogP) is 3.62. The average molecular weight is 472 g/mol. The molecule has 0 bridgehead atoms. The van der Waals surface area contributed by atoms with Gasteiger partial charge in [-0.05, 0) is 31.4 Å². The van der Waals surface area contributed by atoms with Gasteiger partial charge in [-0.1, -0.05) is 6.07 Å². The SMILES string of the molecule is Cc1cc(C(=O)COC(=O)CCNC(=O)CCC(=O)c2cccs2)c(C)n1CC(F)(F)F. The summed E-state index contributed by atoms with van der Waals surface area (Å²) in [5.41, 5.74) is 0.475. The van der Waals surface area contributed by atoms with E-state index in [1.54, 1.807) is 17.5 Å². The maximum atomic E-state index is 12.7. The fourth-order valence-electron chi connectivity index (χ4n) is 2.98. The zero-order chi connectivity index (χ0) is 23.9. The van der Waals surface area contributed by atoms with Crippen molar-refractivity contribution in [3.63, 3.8) is 0 Å². The van der Waals surface area contributed by atoms with Crippen molar-refractivity contribution in [2.75, 3.05) is 13.2 Å². The molecule has 0 aliphatic rings. The highest BCUT2D eigenvalue weighted by Gasteiger charge is 2.30. The van der Waals surface area contributed by atoms with Crippen molar-refractivity contribution >= 4 is 34.8 Å². The first kappa shape index (κ1) is 25.3. The van der Waals surface area contributed by atoms with E-state index in [4.69, 9.17) is 4.74 Å². The first-order valence-corrected chi connectivity index (χ1v) is 10.6.